The van der Waals surface area contributed by atoms with E-state index in [-0.39, 0.29) is 30.2 Å². The number of ether oxygens (including phenoxy) is 1. The lowest BCUT2D eigenvalue weighted by Crippen LogP contribution is -2.57. The Hall–Kier alpha value is -2.57. The van der Waals surface area contributed by atoms with Crippen molar-refractivity contribution >= 4 is 17.7 Å². The second kappa shape index (κ2) is 12.6. The van der Waals surface area contributed by atoms with Gasteiger partial charge in [-0.2, -0.15) is 0 Å². The maximum absolute atomic E-state index is 13.3. The van der Waals surface area contributed by atoms with Gasteiger partial charge in [-0.05, 0) is 30.4 Å². The fourth-order valence-corrected chi connectivity index (χ4v) is 4.72. The minimum atomic E-state index is -0.591. The maximum atomic E-state index is 13.3. The van der Waals surface area contributed by atoms with Gasteiger partial charge in [0, 0.05) is 32.6 Å². The van der Waals surface area contributed by atoms with Crippen LogP contribution in [0.5, 0.6) is 5.75 Å². The van der Waals surface area contributed by atoms with Crippen molar-refractivity contribution in [1.29, 1.82) is 0 Å². The van der Waals surface area contributed by atoms with E-state index >= 15 is 0 Å². The Kier molecular flexibility index (Phi) is 9.58. The summed E-state index contributed by atoms with van der Waals surface area (Å²) in [5, 5.41) is 2.88. The number of rotatable bonds is 10. The zero-order chi connectivity index (χ0) is 23.6. The molecule has 1 N–H and O–H groups in total. The van der Waals surface area contributed by atoms with Crippen molar-refractivity contribution in [2.24, 2.45) is 11.8 Å². The summed E-state index contributed by atoms with van der Waals surface area (Å²) in [5.74, 6) is 1.16. The van der Waals surface area contributed by atoms with Gasteiger partial charge in [0.05, 0.1) is 0 Å². The highest BCUT2D eigenvalue weighted by molar-refractivity contribution is 5.88. The van der Waals surface area contributed by atoms with Crippen LogP contribution < -0.4 is 10.1 Å². The Balaban J connectivity index is 1.46. The maximum Gasteiger partial charge on any atom is 0.258 e. The zero-order valence-corrected chi connectivity index (χ0v) is 20.1. The summed E-state index contributed by atoms with van der Waals surface area (Å²) in [6.07, 6.45) is 7.49. The van der Waals surface area contributed by atoms with E-state index in [2.05, 4.69) is 5.32 Å². The van der Waals surface area contributed by atoms with Crippen molar-refractivity contribution in [3.8, 4) is 5.75 Å². The molecular weight excluding hydrogens is 418 g/mol. The van der Waals surface area contributed by atoms with Gasteiger partial charge in [-0.3, -0.25) is 14.4 Å². The molecule has 1 aromatic carbocycles. The monoisotopic (exact) mass is 457 g/mol. The minimum Gasteiger partial charge on any atom is -0.484 e. The third-order valence-corrected chi connectivity index (χ3v) is 7.09. The Morgan fingerprint density at radius 3 is 2.30 bits per heavy atom. The number of hydrogen-bond acceptors (Lipinski definition) is 4. The van der Waals surface area contributed by atoms with Gasteiger partial charge >= 0.3 is 0 Å². The highest BCUT2D eigenvalue weighted by atomic mass is 16.5. The lowest BCUT2D eigenvalue weighted by atomic mass is 9.97. The molecule has 7 heteroatoms. The first kappa shape index (κ1) is 25.1. The van der Waals surface area contributed by atoms with E-state index in [1.807, 2.05) is 36.9 Å². The van der Waals surface area contributed by atoms with Crippen molar-refractivity contribution in [1.82, 2.24) is 15.1 Å². The first-order valence-corrected chi connectivity index (χ1v) is 12.5. The zero-order valence-electron chi connectivity index (χ0n) is 20.1. The molecule has 2 atom stereocenters. The molecular formula is C26H39N3O4. The van der Waals surface area contributed by atoms with Crippen LogP contribution in [-0.4, -0.2) is 66.3 Å². The number of hydrogen-bond donors (Lipinski definition) is 1. The van der Waals surface area contributed by atoms with Crippen molar-refractivity contribution in [3.05, 3.63) is 30.3 Å². The molecule has 2 unspecified atom stereocenters. The Bertz CT molecular complexity index is 771. The van der Waals surface area contributed by atoms with Crippen LogP contribution in [0.25, 0.3) is 0 Å². The molecule has 3 amide bonds. The Labute approximate surface area is 197 Å². The van der Waals surface area contributed by atoms with E-state index in [4.69, 9.17) is 4.74 Å². The molecule has 0 aromatic heterocycles. The predicted molar refractivity (Wildman–Crippen MR) is 128 cm³/mol. The highest BCUT2D eigenvalue weighted by Gasteiger charge is 2.32. The minimum absolute atomic E-state index is 0.00393. The molecule has 0 radical (unpaired) electrons. The molecule has 1 saturated heterocycles. The van der Waals surface area contributed by atoms with Crippen LogP contribution in [0.4, 0.5) is 0 Å². The largest absolute Gasteiger partial charge is 0.484 e. The second-order valence-electron chi connectivity index (χ2n) is 9.43. The van der Waals surface area contributed by atoms with E-state index in [1.165, 1.54) is 25.7 Å². The molecule has 1 heterocycles. The van der Waals surface area contributed by atoms with Crippen LogP contribution in [0.3, 0.4) is 0 Å². The van der Waals surface area contributed by atoms with E-state index < -0.39 is 6.04 Å². The van der Waals surface area contributed by atoms with Gasteiger partial charge < -0.3 is 19.9 Å². The fraction of sp³-hybridized carbons (Fsp3) is 0.654. The van der Waals surface area contributed by atoms with Crippen molar-refractivity contribution in [3.63, 3.8) is 0 Å². The van der Waals surface area contributed by atoms with Gasteiger partial charge in [0.15, 0.2) is 6.61 Å². The van der Waals surface area contributed by atoms with Crippen LogP contribution in [0.2, 0.25) is 0 Å². The average molecular weight is 458 g/mol. The molecule has 182 valence electrons. The van der Waals surface area contributed by atoms with Gasteiger partial charge in [0.1, 0.15) is 11.8 Å². The van der Waals surface area contributed by atoms with Gasteiger partial charge in [-0.15, -0.1) is 0 Å². The number of amides is 3. The van der Waals surface area contributed by atoms with Gasteiger partial charge in [-0.1, -0.05) is 64.2 Å². The first-order valence-electron chi connectivity index (χ1n) is 12.5. The van der Waals surface area contributed by atoms with Crippen LogP contribution >= 0.6 is 0 Å². The van der Waals surface area contributed by atoms with Crippen LogP contribution in [0, 0.1) is 11.8 Å². The first-order chi connectivity index (χ1) is 16.0. The van der Waals surface area contributed by atoms with Gasteiger partial charge in [0.2, 0.25) is 11.8 Å². The number of benzene rings is 1. The molecule has 1 aromatic rings. The van der Waals surface area contributed by atoms with E-state index in [9.17, 15) is 14.4 Å². The Morgan fingerprint density at radius 2 is 1.67 bits per heavy atom. The molecule has 0 spiro atoms. The van der Waals surface area contributed by atoms with Gasteiger partial charge in [0.25, 0.3) is 5.91 Å². The number of nitrogens with zero attached hydrogens (tertiary/aromatic N) is 2. The van der Waals surface area contributed by atoms with Crippen molar-refractivity contribution in [2.45, 2.75) is 64.8 Å². The number of nitrogens with one attached hydrogen (secondary N) is 1. The van der Waals surface area contributed by atoms with Gasteiger partial charge in [-0.25, -0.2) is 0 Å². The highest BCUT2D eigenvalue weighted by Crippen LogP contribution is 2.28. The molecule has 3 rings (SSSR count). The third kappa shape index (κ3) is 7.47. The number of carbonyl (C=O) groups excluding carboxylic acids is 3. The summed E-state index contributed by atoms with van der Waals surface area (Å²) in [6, 6.07) is 8.56. The summed E-state index contributed by atoms with van der Waals surface area (Å²) < 4.78 is 5.53. The summed E-state index contributed by atoms with van der Waals surface area (Å²) in [4.78, 5) is 42.0. The van der Waals surface area contributed by atoms with Crippen LogP contribution in [-0.2, 0) is 14.4 Å². The number of carbonyl (C=O) groups is 3. The number of piperazine rings is 1. The van der Waals surface area contributed by atoms with Crippen LogP contribution in [0.1, 0.15) is 58.8 Å². The number of para-hydroxylation sites is 1. The Morgan fingerprint density at radius 1 is 1.03 bits per heavy atom. The summed E-state index contributed by atoms with van der Waals surface area (Å²) in [6.45, 7) is 6.01. The molecule has 1 saturated carbocycles. The molecule has 2 aliphatic rings. The third-order valence-electron chi connectivity index (χ3n) is 7.09. The van der Waals surface area contributed by atoms with E-state index in [0.717, 1.165) is 12.8 Å². The smallest absolute Gasteiger partial charge is 0.258 e. The van der Waals surface area contributed by atoms with E-state index in [0.29, 0.717) is 44.3 Å². The van der Waals surface area contributed by atoms with E-state index in [1.54, 1.807) is 17.0 Å². The molecule has 1 aliphatic carbocycles. The lowest BCUT2D eigenvalue weighted by Gasteiger charge is -2.37. The average Bonchev–Trinajstić information content (AvgIpc) is 3.38. The van der Waals surface area contributed by atoms with Crippen LogP contribution in [0.15, 0.2) is 30.3 Å². The SMILES string of the molecule is CCC(C)C(NC(=O)COc1ccccc1)C(=O)N1CCN(C(=O)CCC2CCCC2)CC1. The predicted octanol–water partition coefficient (Wildman–Crippen LogP) is 3.24. The molecule has 33 heavy (non-hydrogen) atoms. The molecule has 2 fully saturated rings. The summed E-state index contributed by atoms with van der Waals surface area (Å²) in [7, 11) is 0. The standard InChI is InChI=1S/C26H39N3O4/c1-3-20(2)25(27-23(30)19-33-22-11-5-4-6-12-22)26(32)29-17-15-28(16-18-29)24(31)14-13-21-9-7-8-10-21/h4-6,11-12,20-21,25H,3,7-10,13-19H2,1-2H3,(H,27,30). The lowest BCUT2D eigenvalue weighted by molar-refractivity contribution is -0.143. The quantitative estimate of drug-likeness (QED) is 0.585. The molecule has 1 aliphatic heterocycles. The molecule has 7 nitrogen and oxygen atoms in total. The summed E-state index contributed by atoms with van der Waals surface area (Å²) >= 11 is 0. The normalized spacial score (nSPS) is 18.6. The second-order valence-corrected chi connectivity index (χ2v) is 9.43. The summed E-state index contributed by atoms with van der Waals surface area (Å²) in [5.41, 5.74) is 0. The van der Waals surface area contributed by atoms with Crippen molar-refractivity contribution < 1.29 is 19.1 Å². The topological polar surface area (TPSA) is 79.0 Å². The fourth-order valence-electron chi connectivity index (χ4n) is 4.72. The molecule has 0 bridgehead atoms. The van der Waals surface area contributed by atoms with Crippen molar-refractivity contribution in [2.75, 3.05) is 32.8 Å².